The molecule has 0 unspecified atom stereocenters. The topological polar surface area (TPSA) is 78.9 Å². The van der Waals surface area contributed by atoms with Crippen molar-refractivity contribution < 1.29 is 19.4 Å². The second kappa shape index (κ2) is 9.02. The molecule has 0 aliphatic carbocycles. The lowest BCUT2D eigenvalue weighted by atomic mass is 9.97. The summed E-state index contributed by atoms with van der Waals surface area (Å²) < 4.78 is 5.20. The van der Waals surface area contributed by atoms with Crippen molar-refractivity contribution in [3.05, 3.63) is 59.7 Å². The Balaban J connectivity index is 1.77. The molecule has 1 aliphatic heterocycles. The van der Waals surface area contributed by atoms with E-state index in [-0.39, 0.29) is 31.3 Å². The zero-order chi connectivity index (χ0) is 21.9. The number of benzene rings is 2. The molecule has 1 saturated heterocycles. The number of nitrogens with one attached hydrogen (secondary N) is 1. The zero-order valence-corrected chi connectivity index (χ0v) is 19.0. The highest BCUT2D eigenvalue weighted by atomic mass is 28.3. The maximum absolute atomic E-state index is 13.2. The minimum atomic E-state index is -1.40. The second-order valence-corrected chi connectivity index (χ2v) is 13.9. The van der Waals surface area contributed by atoms with Gasteiger partial charge in [0.15, 0.2) is 5.78 Å². The lowest BCUT2D eigenvalue weighted by molar-refractivity contribution is -0.120. The first kappa shape index (κ1) is 22.1. The van der Waals surface area contributed by atoms with Crippen molar-refractivity contribution in [3.8, 4) is 5.75 Å². The average Bonchev–Trinajstić information content (AvgIpc) is 2.69. The Bertz CT molecular complexity index is 885. The van der Waals surface area contributed by atoms with E-state index >= 15 is 0 Å². The largest absolute Gasteiger partial charge is 0.497 e. The van der Waals surface area contributed by atoms with Gasteiger partial charge in [0.1, 0.15) is 11.8 Å². The number of hydrogen-bond acceptors (Lipinski definition) is 4. The number of β-amino-alcohol motifs (C(OH)–C–C–N with tert-alkyl or cyclic N) is 1. The van der Waals surface area contributed by atoms with Gasteiger partial charge in [-0.1, -0.05) is 61.2 Å². The van der Waals surface area contributed by atoms with E-state index < -0.39 is 20.2 Å². The number of hydrogen-bond donors (Lipinski definition) is 2. The summed E-state index contributed by atoms with van der Waals surface area (Å²) in [6, 6.07) is 14.3. The lowest BCUT2D eigenvalue weighted by Gasteiger charge is -2.36. The maximum atomic E-state index is 13.2. The second-order valence-electron chi connectivity index (χ2n) is 8.80. The van der Waals surface area contributed by atoms with E-state index in [0.717, 1.165) is 5.56 Å². The van der Waals surface area contributed by atoms with Gasteiger partial charge in [-0.3, -0.25) is 4.79 Å². The van der Waals surface area contributed by atoms with Crippen LogP contribution in [-0.4, -0.2) is 56.2 Å². The summed E-state index contributed by atoms with van der Waals surface area (Å²) >= 11 is 0. The van der Waals surface area contributed by atoms with Crippen LogP contribution in [0.2, 0.25) is 19.6 Å². The van der Waals surface area contributed by atoms with E-state index in [1.165, 1.54) is 10.1 Å². The number of likely N-dealkylation sites (tertiary alicyclic amines) is 1. The summed E-state index contributed by atoms with van der Waals surface area (Å²) in [5, 5.41) is 13.6. The molecule has 1 heterocycles. The van der Waals surface area contributed by atoms with Crippen molar-refractivity contribution in [1.82, 2.24) is 10.2 Å². The molecular weight excluding hydrogens is 396 g/mol. The molecule has 2 aromatic carbocycles. The molecular formula is C23H30N2O4Si. The van der Waals surface area contributed by atoms with Gasteiger partial charge in [0.25, 0.3) is 0 Å². The van der Waals surface area contributed by atoms with E-state index in [1.807, 2.05) is 12.1 Å². The van der Waals surface area contributed by atoms with Crippen LogP contribution in [-0.2, 0) is 11.2 Å². The van der Waals surface area contributed by atoms with Crippen molar-refractivity contribution in [1.29, 1.82) is 0 Å². The standard InChI is InChI=1S/C23H30N2O4Si/c1-29-19-9-7-17(8-10-19)22(24-23(28)25-14-18(26)15-25)21(27)13-16-5-11-20(12-6-16)30(2,3)4/h5-12,18,22,26H,13-15H2,1-4H3,(H,24,28)/t22-/m1/s1. The molecule has 1 aliphatic rings. The van der Waals surface area contributed by atoms with Crippen molar-refractivity contribution in [2.75, 3.05) is 20.2 Å². The maximum Gasteiger partial charge on any atom is 0.318 e. The van der Waals surface area contributed by atoms with Gasteiger partial charge in [-0.05, 0) is 23.3 Å². The zero-order valence-electron chi connectivity index (χ0n) is 18.0. The molecule has 3 rings (SSSR count). The molecule has 2 N–H and O–H groups in total. The van der Waals surface area contributed by atoms with Crippen LogP contribution >= 0.6 is 0 Å². The molecule has 1 atom stereocenters. The van der Waals surface area contributed by atoms with Gasteiger partial charge >= 0.3 is 6.03 Å². The normalized spacial score (nSPS) is 15.3. The fourth-order valence-electron chi connectivity index (χ4n) is 3.41. The SMILES string of the molecule is COc1ccc([C@@H](NC(=O)N2CC(O)C2)C(=O)Cc2ccc([Si](C)(C)C)cc2)cc1. The first-order valence-corrected chi connectivity index (χ1v) is 13.7. The van der Waals surface area contributed by atoms with Crippen molar-refractivity contribution in [2.45, 2.75) is 38.2 Å². The Hall–Kier alpha value is -2.64. The Morgan fingerprint density at radius 2 is 1.70 bits per heavy atom. The molecule has 160 valence electrons. The van der Waals surface area contributed by atoms with Gasteiger partial charge < -0.3 is 20.1 Å². The summed E-state index contributed by atoms with van der Waals surface area (Å²) in [5.74, 6) is 0.597. The number of carbonyl (C=O) groups is 2. The summed E-state index contributed by atoms with van der Waals surface area (Å²) in [7, 11) is 0.185. The van der Waals surface area contributed by atoms with Gasteiger partial charge in [-0.2, -0.15) is 0 Å². The smallest absolute Gasteiger partial charge is 0.318 e. The highest BCUT2D eigenvalue weighted by Gasteiger charge is 2.32. The Morgan fingerprint density at radius 3 is 2.20 bits per heavy atom. The number of amides is 2. The molecule has 30 heavy (non-hydrogen) atoms. The monoisotopic (exact) mass is 426 g/mol. The predicted octanol–water partition coefficient (Wildman–Crippen LogP) is 2.48. The van der Waals surface area contributed by atoms with Crippen LogP contribution in [0.1, 0.15) is 17.2 Å². The number of rotatable bonds is 7. The summed E-state index contributed by atoms with van der Waals surface area (Å²) in [5.41, 5.74) is 1.63. The summed E-state index contributed by atoms with van der Waals surface area (Å²) in [4.78, 5) is 27.2. The summed E-state index contributed by atoms with van der Waals surface area (Å²) in [6.45, 7) is 7.43. The molecule has 0 aromatic heterocycles. The number of ketones is 1. The van der Waals surface area contributed by atoms with Crippen LogP contribution in [0.25, 0.3) is 0 Å². The third-order valence-electron chi connectivity index (χ3n) is 5.39. The van der Waals surface area contributed by atoms with E-state index in [2.05, 4.69) is 37.1 Å². The number of aliphatic hydroxyl groups is 1. The van der Waals surface area contributed by atoms with Gasteiger partial charge in [-0.15, -0.1) is 0 Å². The number of methoxy groups -OCH3 is 1. The predicted molar refractivity (Wildman–Crippen MR) is 120 cm³/mol. The van der Waals surface area contributed by atoms with Crippen LogP contribution in [0, 0.1) is 0 Å². The fraction of sp³-hybridized carbons (Fsp3) is 0.391. The Labute approximate surface area is 178 Å². The van der Waals surface area contributed by atoms with E-state index in [0.29, 0.717) is 11.3 Å². The highest BCUT2D eigenvalue weighted by molar-refractivity contribution is 6.88. The first-order valence-electron chi connectivity index (χ1n) is 10.2. The summed E-state index contributed by atoms with van der Waals surface area (Å²) in [6.07, 6.45) is -0.262. The van der Waals surface area contributed by atoms with Gasteiger partial charge in [0.2, 0.25) is 0 Å². The van der Waals surface area contributed by atoms with Crippen LogP contribution in [0.15, 0.2) is 48.5 Å². The molecule has 0 radical (unpaired) electrons. The quantitative estimate of drug-likeness (QED) is 0.667. The molecule has 6 nitrogen and oxygen atoms in total. The molecule has 2 amide bonds. The minimum Gasteiger partial charge on any atom is -0.497 e. The molecule has 7 heteroatoms. The number of urea groups is 1. The number of ether oxygens (including phenoxy) is 1. The molecule has 0 spiro atoms. The van der Waals surface area contributed by atoms with Gasteiger partial charge in [-0.25, -0.2) is 4.79 Å². The highest BCUT2D eigenvalue weighted by Crippen LogP contribution is 2.21. The van der Waals surface area contributed by atoms with E-state index in [1.54, 1.807) is 31.4 Å². The van der Waals surface area contributed by atoms with Gasteiger partial charge in [0.05, 0.1) is 34.4 Å². The van der Waals surface area contributed by atoms with Crippen LogP contribution in [0.5, 0.6) is 5.75 Å². The van der Waals surface area contributed by atoms with Crippen molar-refractivity contribution >= 4 is 25.1 Å². The third-order valence-corrected chi connectivity index (χ3v) is 7.45. The fourth-order valence-corrected chi connectivity index (χ4v) is 4.57. The molecule has 0 saturated carbocycles. The number of nitrogens with zero attached hydrogens (tertiary/aromatic N) is 1. The van der Waals surface area contributed by atoms with Crippen LogP contribution in [0.3, 0.4) is 0 Å². The Morgan fingerprint density at radius 1 is 1.10 bits per heavy atom. The average molecular weight is 427 g/mol. The van der Waals surface area contributed by atoms with Gasteiger partial charge in [0, 0.05) is 6.42 Å². The number of aliphatic hydroxyl groups excluding tert-OH is 1. The number of Topliss-reactive ketones (excluding diaryl/α,β-unsaturated/α-hetero) is 1. The molecule has 0 bridgehead atoms. The lowest BCUT2D eigenvalue weighted by Crippen LogP contribution is -2.57. The minimum absolute atomic E-state index is 0.0876. The molecule has 2 aromatic rings. The molecule has 1 fully saturated rings. The first-order chi connectivity index (χ1) is 14.2. The third kappa shape index (κ3) is 5.28. The van der Waals surface area contributed by atoms with Crippen molar-refractivity contribution in [2.24, 2.45) is 0 Å². The number of carbonyl (C=O) groups excluding carboxylic acids is 2. The van der Waals surface area contributed by atoms with E-state index in [4.69, 9.17) is 4.74 Å². The van der Waals surface area contributed by atoms with Crippen LogP contribution in [0.4, 0.5) is 4.79 Å². The van der Waals surface area contributed by atoms with Crippen LogP contribution < -0.4 is 15.2 Å². The van der Waals surface area contributed by atoms with E-state index in [9.17, 15) is 14.7 Å². The van der Waals surface area contributed by atoms with Crippen molar-refractivity contribution in [3.63, 3.8) is 0 Å². The Kier molecular flexibility index (Phi) is 6.63.